The number of nitrogens with one attached hydrogen (secondary N) is 3. The van der Waals surface area contributed by atoms with E-state index in [0.717, 1.165) is 25.9 Å². The maximum atomic E-state index is 11.5. The molecule has 0 saturated heterocycles. The predicted molar refractivity (Wildman–Crippen MR) is 70.6 cm³/mol. The third kappa shape index (κ3) is 9.89. The maximum Gasteiger partial charge on any atom is 0.315 e. The Balaban J connectivity index is 3.76. The Kier molecular flexibility index (Phi) is 10.0. The highest BCUT2D eigenvalue weighted by Crippen LogP contribution is 2.01. The average molecular weight is 259 g/mol. The molecule has 0 aromatic heterocycles. The van der Waals surface area contributed by atoms with Gasteiger partial charge in [-0.1, -0.05) is 20.3 Å². The maximum absolute atomic E-state index is 11.5. The first-order valence-corrected chi connectivity index (χ1v) is 6.57. The second-order valence-electron chi connectivity index (χ2n) is 4.19. The molecule has 18 heavy (non-hydrogen) atoms. The molecule has 0 saturated carbocycles. The van der Waals surface area contributed by atoms with Crippen molar-refractivity contribution in [1.29, 1.82) is 0 Å². The number of rotatable bonds is 10. The zero-order valence-corrected chi connectivity index (χ0v) is 11.3. The molecule has 106 valence electrons. The zero-order valence-electron chi connectivity index (χ0n) is 11.3. The highest BCUT2D eigenvalue weighted by molar-refractivity contribution is 5.75. The second kappa shape index (κ2) is 10.8. The van der Waals surface area contributed by atoms with Gasteiger partial charge in [0.1, 0.15) is 0 Å². The minimum Gasteiger partial charge on any atom is -0.481 e. The van der Waals surface area contributed by atoms with Crippen molar-refractivity contribution in [1.82, 2.24) is 16.0 Å². The molecular weight excluding hydrogens is 234 g/mol. The summed E-state index contributed by atoms with van der Waals surface area (Å²) in [4.78, 5) is 22.1. The summed E-state index contributed by atoms with van der Waals surface area (Å²) in [7, 11) is 0. The molecule has 0 aromatic rings. The van der Waals surface area contributed by atoms with E-state index in [-0.39, 0.29) is 18.5 Å². The van der Waals surface area contributed by atoms with Gasteiger partial charge in [-0.2, -0.15) is 0 Å². The third-order valence-electron chi connectivity index (χ3n) is 2.46. The van der Waals surface area contributed by atoms with Crippen LogP contribution in [-0.2, 0) is 4.79 Å². The molecule has 0 fully saturated rings. The number of hydrogen-bond acceptors (Lipinski definition) is 3. The fourth-order valence-corrected chi connectivity index (χ4v) is 1.61. The van der Waals surface area contributed by atoms with Crippen LogP contribution >= 0.6 is 0 Å². The molecule has 1 atom stereocenters. The van der Waals surface area contributed by atoms with E-state index < -0.39 is 5.97 Å². The molecule has 0 rings (SSSR count). The van der Waals surface area contributed by atoms with Crippen molar-refractivity contribution in [3.8, 4) is 0 Å². The van der Waals surface area contributed by atoms with E-state index >= 15 is 0 Å². The van der Waals surface area contributed by atoms with E-state index in [2.05, 4.69) is 16.0 Å². The number of amides is 2. The van der Waals surface area contributed by atoms with Crippen LogP contribution in [0.4, 0.5) is 4.79 Å². The van der Waals surface area contributed by atoms with Gasteiger partial charge in [0, 0.05) is 12.6 Å². The summed E-state index contributed by atoms with van der Waals surface area (Å²) in [6.45, 7) is 6.37. The van der Waals surface area contributed by atoms with Crippen LogP contribution in [0.15, 0.2) is 0 Å². The van der Waals surface area contributed by atoms with Crippen molar-refractivity contribution in [3.63, 3.8) is 0 Å². The Morgan fingerprint density at radius 3 is 2.50 bits per heavy atom. The number of urea groups is 1. The lowest BCUT2D eigenvalue weighted by atomic mass is 10.1. The van der Waals surface area contributed by atoms with Crippen LogP contribution in [0.3, 0.4) is 0 Å². The minimum atomic E-state index is -0.888. The first-order chi connectivity index (χ1) is 8.60. The number of carboxylic acid groups (broad SMARTS) is 1. The number of carbonyl (C=O) groups is 2. The van der Waals surface area contributed by atoms with Gasteiger partial charge in [0.25, 0.3) is 0 Å². The summed E-state index contributed by atoms with van der Waals surface area (Å²) >= 11 is 0. The highest BCUT2D eigenvalue weighted by Gasteiger charge is 2.14. The molecule has 1 unspecified atom stereocenters. The largest absolute Gasteiger partial charge is 0.481 e. The van der Waals surface area contributed by atoms with Crippen molar-refractivity contribution < 1.29 is 14.7 Å². The molecule has 0 aromatic carbocycles. The smallest absolute Gasteiger partial charge is 0.315 e. The molecule has 0 spiro atoms. The number of carboxylic acids is 1. The summed E-state index contributed by atoms with van der Waals surface area (Å²) in [5, 5.41) is 17.3. The van der Waals surface area contributed by atoms with Crippen LogP contribution in [-0.4, -0.2) is 42.8 Å². The van der Waals surface area contributed by atoms with Crippen LogP contribution in [0.5, 0.6) is 0 Å². The Bertz CT molecular complexity index is 247. The molecule has 0 radical (unpaired) electrons. The topological polar surface area (TPSA) is 90.5 Å². The lowest BCUT2D eigenvalue weighted by molar-refractivity contribution is -0.137. The standard InChI is InChI=1S/C12H25N3O3/c1-3-6-10(9-11(16)17)15-12(18)14-8-5-7-13-4-2/h10,13H,3-9H2,1-2H3,(H,16,17)(H2,14,15,18). The molecule has 0 aliphatic heterocycles. The molecule has 6 heteroatoms. The number of aliphatic carboxylic acids is 1. The van der Waals surface area contributed by atoms with Crippen LogP contribution < -0.4 is 16.0 Å². The molecular formula is C12H25N3O3. The van der Waals surface area contributed by atoms with Gasteiger partial charge < -0.3 is 21.1 Å². The Labute approximate surface area is 109 Å². The van der Waals surface area contributed by atoms with Gasteiger partial charge in [0.15, 0.2) is 0 Å². The van der Waals surface area contributed by atoms with E-state index in [1.54, 1.807) is 0 Å². The third-order valence-corrected chi connectivity index (χ3v) is 2.46. The van der Waals surface area contributed by atoms with Gasteiger partial charge >= 0.3 is 12.0 Å². The van der Waals surface area contributed by atoms with E-state index in [9.17, 15) is 9.59 Å². The summed E-state index contributed by atoms with van der Waals surface area (Å²) in [6, 6.07) is -0.576. The zero-order chi connectivity index (χ0) is 13.8. The minimum absolute atomic E-state index is 0.0291. The Morgan fingerprint density at radius 2 is 1.94 bits per heavy atom. The van der Waals surface area contributed by atoms with Crippen LogP contribution in [0.2, 0.25) is 0 Å². The molecule has 0 heterocycles. The van der Waals surface area contributed by atoms with Gasteiger partial charge in [0.05, 0.1) is 6.42 Å². The second-order valence-corrected chi connectivity index (χ2v) is 4.19. The lowest BCUT2D eigenvalue weighted by Crippen LogP contribution is -2.43. The van der Waals surface area contributed by atoms with Crippen molar-refractivity contribution in [2.24, 2.45) is 0 Å². The van der Waals surface area contributed by atoms with Crippen LogP contribution in [0, 0.1) is 0 Å². The van der Waals surface area contributed by atoms with Gasteiger partial charge in [-0.05, 0) is 25.9 Å². The van der Waals surface area contributed by atoms with Crippen molar-refractivity contribution >= 4 is 12.0 Å². The average Bonchev–Trinajstić information content (AvgIpc) is 2.28. The molecule has 0 bridgehead atoms. The summed E-state index contributed by atoms with van der Waals surface area (Å²) < 4.78 is 0. The first kappa shape index (κ1) is 16.7. The predicted octanol–water partition coefficient (Wildman–Crippen LogP) is 0.929. The Morgan fingerprint density at radius 1 is 1.22 bits per heavy atom. The van der Waals surface area contributed by atoms with Crippen LogP contribution in [0.1, 0.15) is 39.5 Å². The molecule has 4 N–H and O–H groups in total. The quantitative estimate of drug-likeness (QED) is 0.439. The summed E-state index contributed by atoms with van der Waals surface area (Å²) in [5.41, 5.74) is 0. The van der Waals surface area contributed by atoms with Crippen molar-refractivity contribution in [2.45, 2.75) is 45.6 Å². The monoisotopic (exact) mass is 259 g/mol. The number of hydrogen-bond donors (Lipinski definition) is 4. The van der Waals surface area contributed by atoms with Gasteiger partial charge in [-0.15, -0.1) is 0 Å². The fourth-order valence-electron chi connectivity index (χ4n) is 1.61. The molecule has 0 aliphatic rings. The Hall–Kier alpha value is -1.30. The van der Waals surface area contributed by atoms with E-state index in [4.69, 9.17) is 5.11 Å². The lowest BCUT2D eigenvalue weighted by Gasteiger charge is -2.16. The van der Waals surface area contributed by atoms with Crippen molar-refractivity contribution in [3.05, 3.63) is 0 Å². The highest BCUT2D eigenvalue weighted by atomic mass is 16.4. The number of carbonyl (C=O) groups excluding carboxylic acids is 1. The SMILES string of the molecule is CCCC(CC(=O)O)NC(=O)NCCCNCC. The molecule has 2 amide bonds. The van der Waals surface area contributed by atoms with Gasteiger partial charge in [-0.25, -0.2) is 4.79 Å². The fraction of sp³-hybridized carbons (Fsp3) is 0.833. The molecule has 0 aliphatic carbocycles. The van der Waals surface area contributed by atoms with Gasteiger partial charge in [0.2, 0.25) is 0 Å². The van der Waals surface area contributed by atoms with E-state index in [1.807, 2.05) is 13.8 Å². The summed E-state index contributed by atoms with van der Waals surface area (Å²) in [5.74, 6) is -0.888. The van der Waals surface area contributed by atoms with E-state index in [1.165, 1.54) is 0 Å². The molecule has 6 nitrogen and oxygen atoms in total. The van der Waals surface area contributed by atoms with Crippen molar-refractivity contribution in [2.75, 3.05) is 19.6 Å². The summed E-state index contributed by atoms with van der Waals surface area (Å²) in [6.07, 6.45) is 2.35. The first-order valence-electron chi connectivity index (χ1n) is 6.57. The van der Waals surface area contributed by atoms with Gasteiger partial charge in [-0.3, -0.25) is 4.79 Å². The van der Waals surface area contributed by atoms with E-state index in [0.29, 0.717) is 13.0 Å². The normalized spacial score (nSPS) is 11.9. The van der Waals surface area contributed by atoms with Crippen LogP contribution in [0.25, 0.3) is 0 Å².